The van der Waals surface area contributed by atoms with Gasteiger partial charge in [-0.05, 0) is 0 Å². The van der Waals surface area contributed by atoms with Gasteiger partial charge in [-0.1, -0.05) is 6.08 Å². The number of ether oxygens (including phenoxy) is 2. The maximum absolute atomic E-state index is 5.21. The van der Waals surface area contributed by atoms with Crippen LogP contribution in [0, 0.1) is 0 Å². The Labute approximate surface area is 82.1 Å². The third kappa shape index (κ3) is 1.83. The zero-order valence-electron chi connectivity index (χ0n) is 7.90. The van der Waals surface area contributed by atoms with E-state index in [1.54, 1.807) is 0 Å². The molecule has 0 amide bonds. The molecule has 1 saturated heterocycles. The van der Waals surface area contributed by atoms with Crippen LogP contribution in [0.3, 0.4) is 0 Å². The number of aromatic amines is 1. The van der Waals surface area contributed by atoms with E-state index in [4.69, 9.17) is 9.47 Å². The van der Waals surface area contributed by atoms with Gasteiger partial charge >= 0.3 is 0 Å². The average molecular weight is 195 g/mol. The van der Waals surface area contributed by atoms with Crippen LogP contribution in [-0.2, 0) is 15.9 Å². The highest BCUT2D eigenvalue weighted by atomic mass is 16.7. The standard InChI is InChI=1S/C9H13N3O2/c1-2-3-8-9(11-12-10-8)7-4-13-6-14-5-7/h2,7H,1,3-6H2,(H,10,11,12). The second-order valence-corrected chi connectivity index (χ2v) is 3.20. The molecule has 0 spiro atoms. The van der Waals surface area contributed by atoms with Gasteiger partial charge < -0.3 is 9.47 Å². The van der Waals surface area contributed by atoms with Crippen molar-refractivity contribution in [2.24, 2.45) is 0 Å². The highest BCUT2D eigenvalue weighted by Gasteiger charge is 2.22. The first-order chi connectivity index (χ1) is 6.92. The van der Waals surface area contributed by atoms with Gasteiger partial charge in [-0.2, -0.15) is 15.4 Å². The molecule has 0 unspecified atom stereocenters. The minimum atomic E-state index is 0.192. The minimum absolute atomic E-state index is 0.192. The summed E-state index contributed by atoms with van der Waals surface area (Å²) < 4.78 is 10.4. The summed E-state index contributed by atoms with van der Waals surface area (Å²) in [6, 6.07) is 0. The average Bonchev–Trinajstić information content (AvgIpc) is 2.68. The number of allylic oxidation sites excluding steroid dienone is 1. The van der Waals surface area contributed by atoms with Gasteiger partial charge in [-0.3, -0.25) is 0 Å². The molecule has 1 aliphatic rings. The number of hydrogen-bond acceptors (Lipinski definition) is 4. The van der Waals surface area contributed by atoms with Gasteiger partial charge in [-0.15, -0.1) is 6.58 Å². The molecule has 0 aliphatic carbocycles. The van der Waals surface area contributed by atoms with Crippen molar-refractivity contribution in [2.75, 3.05) is 20.0 Å². The van der Waals surface area contributed by atoms with Crippen molar-refractivity contribution in [3.05, 3.63) is 24.0 Å². The molecule has 1 aromatic heterocycles. The fourth-order valence-corrected chi connectivity index (χ4v) is 1.52. The van der Waals surface area contributed by atoms with Crippen molar-refractivity contribution >= 4 is 0 Å². The first kappa shape index (κ1) is 9.36. The van der Waals surface area contributed by atoms with Gasteiger partial charge in [0, 0.05) is 6.42 Å². The van der Waals surface area contributed by atoms with E-state index < -0.39 is 0 Å². The summed E-state index contributed by atoms with van der Waals surface area (Å²) in [6.07, 6.45) is 2.54. The summed E-state index contributed by atoms with van der Waals surface area (Å²) in [4.78, 5) is 0. The molecule has 2 rings (SSSR count). The van der Waals surface area contributed by atoms with Crippen molar-refractivity contribution in [2.45, 2.75) is 12.3 Å². The SMILES string of the molecule is C=CCc1n[nH]nc1C1COCOC1. The number of hydrogen-bond donors (Lipinski definition) is 1. The van der Waals surface area contributed by atoms with Gasteiger partial charge in [0.05, 0.1) is 30.5 Å². The Morgan fingerprint density at radius 1 is 1.43 bits per heavy atom. The maximum Gasteiger partial charge on any atom is 0.146 e. The first-order valence-corrected chi connectivity index (χ1v) is 4.57. The van der Waals surface area contributed by atoms with E-state index in [2.05, 4.69) is 22.0 Å². The lowest BCUT2D eigenvalue weighted by molar-refractivity contribution is -0.108. The fraction of sp³-hybridized carbons (Fsp3) is 0.556. The van der Waals surface area contributed by atoms with Crippen molar-refractivity contribution in [1.82, 2.24) is 15.4 Å². The molecule has 1 N–H and O–H groups in total. The normalized spacial score (nSPS) is 18.3. The van der Waals surface area contributed by atoms with Crippen LogP contribution in [-0.4, -0.2) is 35.4 Å². The Balaban J connectivity index is 2.12. The Bertz CT molecular complexity index is 305. The highest BCUT2D eigenvalue weighted by Crippen LogP contribution is 2.20. The van der Waals surface area contributed by atoms with Gasteiger partial charge in [-0.25, -0.2) is 0 Å². The van der Waals surface area contributed by atoms with Gasteiger partial charge in [0.1, 0.15) is 6.79 Å². The van der Waals surface area contributed by atoms with Crippen LogP contribution >= 0.6 is 0 Å². The van der Waals surface area contributed by atoms with Crippen LogP contribution in [0.5, 0.6) is 0 Å². The summed E-state index contributed by atoms with van der Waals surface area (Å²) in [7, 11) is 0. The van der Waals surface area contributed by atoms with Gasteiger partial charge in [0.25, 0.3) is 0 Å². The van der Waals surface area contributed by atoms with E-state index >= 15 is 0 Å². The fourth-order valence-electron chi connectivity index (χ4n) is 1.52. The molecule has 5 nitrogen and oxygen atoms in total. The van der Waals surface area contributed by atoms with Crippen LogP contribution in [0.1, 0.15) is 17.3 Å². The Hall–Kier alpha value is -1.20. The number of aromatic nitrogens is 3. The summed E-state index contributed by atoms with van der Waals surface area (Å²) >= 11 is 0. The predicted molar refractivity (Wildman–Crippen MR) is 49.8 cm³/mol. The van der Waals surface area contributed by atoms with E-state index in [9.17, 15) is 0 Å². The second-order valence-electron chi connectivity index (χ2n) is 3.20. The highest BCUT2D eigenvalue weighted by molar-refractivity contribution is 5.17. The lowest BCUT2D eigenvalue weighted by atomic mass is 10.0. The van der Waals surface area contributed by atoms with Crippen molar-refractivity contribution in [3.63, 3.8) is 0 Å². The molecule has 1 aliphatic heterocycles. The van der Waals surface area contributed by atoms with E-state index in [1.807, 2.05) is 6.08 Å². The number of H-pyrrole nitrogens is 1. The molecule has 0 atom stereocenters. The Kier molecular flexibility index (Phi) is 2.90. The predicted octanol–water partition coefficient (Wildman–Crippen LogP) is 0.621. The first-order valence-electron chi connectivity index (χ1n) is 4.57. The lowest BCUT2D eigenvalue weighted by Crippen LogP contribution is -2.23. The second kappa shape index (κ2) is 4.34. The van der Waals surface area contributed by atoms with Gasteiger partial charge in [0.2, 0.25) is 0 Å². The molecule has 1 aromatic rings. The van der Waals surface area contributed by atoms with Crippen LogP contribution < -0.4 is 0 Å². The molecule has 0 saturated carbocycles. The Morgan fingerprint density at radius 2 is 2.21 bits per heavy atom. The molecule has 5 heteroatoms. The smallest absolute Gasteiger partial charge is 0.146 e. The molecule has 14 heavy (non-hydrogen) atoms. The molecule has 2 heterocycles. The van der Waals surface area contributed by atoms with E-state index in [-0.39, 0.29) is 5.92 Å². The van der Waals surface area contributed by atoms with Gasteiger partial charge in [0.15, 0.2) is 0 Å². The van der Waals surface area contributed by atoms with Crippen LogP contribution in [0.2, 0.25) is 0 Å². The minimum Gasteiger partial charge on any atom is -0.355 e. The molecular formula is C9H13N3O2. The number of rotatable bonds is 3. The zero-order valence-corrected chi connectivity index (χ0v) is 7.90. The molecular weight excluding hydrogens is 182 g/mol. The van der Waals surface area contributed by atoms with E-state index in [0.29, 0.717) is 20.0 Å². The van der Waals surface area contributed by atoms with Crippen molar-refractivity contribution in [1.29, 1.82) is 0 Å². The summed E-state index contributed by atoms with van der Waals surface area (Å²) in [6.45, 7) is 5.36. The molecule has 0 bridgehead atoms. The molecule has 1 fully saturated rings. The number of nitrogens with one attached hydrogen (secondary N) is 1. The Morgan fingerprint density at radius 3 is 2.93 bits per heavy atom. The van der Waals surface area contributed by atoms with Crippen LogP contribution in [0.25, 0.3) is 0 Å². The molecule has 0 radical (unpaired) electrons. The lowest BCUT2D eigenvalue weighted by Gasteiger charge is -2.20. The van der Waals surface area contributed by atoms with Crippen LogP contribution in [0.4, 0.5) is 0 Å². The summed E-state index contributed by atoms with van der Waals surface area (Å²) in [5.74, 6) is 0.192. The van der Waals surface area contributed by atoms with E-state index in [1.165, 1.54) is 0 Å². The monoisotopic (exact) mass is 195 g/mol. The summed E-state index contributed by atoms with van der Waals surface area (Å²) in [5, 5.41) is 10.8. The topological polar surface area (TPSA) is 60.0 Å². The van der Waals surface area contributed by atoms with Crippen molar-refractivity contribution in [3.8, 4) is 0 Å². The largest absolute Gasteiger partial charge is 0.355 e. The summed E-state index contributed by atoms with van der Waals surface area (Å²) in [5.41, 5.74) is 1.86. The van der Waals surface area contributed by atoms with Crippen molar-refractivity contribution < 1.29 is 9.47 Å². The molecule has 76 valence electrons. The van der Waals surface area contributed by atoms with E-state index in [0.717, 1.165) is 17.8 Å². The third-order valence-corrected chi connectivity index (χ3v) is 2.18. The maximum atomic E-state index is 5.21. The van der Waals surface area contributed by atoms with Crippen LogP contribution in [0.15, 0.2) is 12.7 Å². The molecule has 0 aromatic carbocycles. The quantitative estimate of drug-likeness (QED) is 0.718. The number of nitrogens with zero attached hydrogens (tertiary/aromatic N) is 2. The zero-order chi connectivity index (χ0) is 9.80. The third-order valence-electron chi connectivity index (χ3n) is 2.18.